The zero-order valence-corrected chi connectivity index (χ0v) is 17.6. The number of rotatable bonds is 8. The van der Waals surface area contributed by atoms with Crippen LogP contribution in [0.1, 0.15) is 24.1 Å². The van der Waals surface area contributed by atoms with E-state index in [2.05, 4.69) is 10.0 Å². The fourth-order valence-electron chi connectivity index (χ4n) is 3.00. The zero-order chi connectivity index (χ0) is 21.6. The van der Waals surface area contributed by atoms with E-state index in [0.29, 0.717) is 5.75 Å². The summed E-state index contributed by atoms with van der Waals surface area (Å²) in [4.78, 5) is 11.7. The van der Waals surface area contributed by atoms with Gasteiger partial charge in [0.05, 0.1) is 10.9 Å². The molecule has 3 aromatic carbocycles. The van der Waals surface area contributed by atoms with Crippen molar-refractivity contribution in [3.8, 4) is 5.75 Å². The van der Waals surface area contributed by atoms with E-state index in [0.717, 1.165) is 11.1 Å². The molecule has 156 valence electrons. The lowest BCUT2D eigenvalue weighted by atomic mass is 10.00. The monoisotopic (exact) mass is 424 g/mol. The third kappa shape index (κ3) is 5.25. The van der Waals surface area contributed by atoms with E-state index in [1.165, 1.54) is 31.3 Å². The van der Waals surface area contributed by atoms with Gasteiger partial charge >= 0.3 is 0 Å². The highest BCUT2D eigenvalue weighted by molar-refractivity contribution is 7.89. The number of carbonyl (C=O) groups is 1. The van der Waals surface area contributed by atoms with Crippen molar-refractivity contribution in [2.75, 3.05) is 7.05 Å². The van der Waals surface area contributed by atoms with Crippen molar-refractivity contribution >= 4 is 15.9 Å². The van der Waals surface area contributed by atoms with Crippen LogP contribution < -0.4 is 14.8 Å². The number of carbonyl (C=O) groups excluding carboxylic acids is 1. The maximum absolute atomic E-state index is 13.1. The predicted molar refractivity (Wildman–Crippen MR) is 116 cm³/mol. The van der Waals surface area contributed by atoms with E-state index in [1.807, 2.05) is 60.7 Å². The standard InChI is InChI=1S/C23H24N2O4S/c1-17(23(26)24-2)29-20-13-15-21(16-14-20)30(27,28)25-22(18-9-5-3-6-10-18)19-11-7-4-8-12-19/h3-17,22,25H,1-2H3,(H,24,26)/t17-/m1/s1. The van der Waals surface area contributed by atoms with Crippen LogP contribution in [0.4, 0.5) is 0 Å². The zero-order valence-electron chi connectivity index (χ0n) is 16.8. The second-order valence-corrected chi connectivity index (χ2v) is 8.44. The summed E-state index contributed by atoms with van der Waals surface area (Å²) in [6.07, 6.45) is -0.684. The maximum Gasteiger partial charge on any atom is 0.260 e. The van der Waals surface area contributed by atoms with E-state index in [-0.39, 0.29) is 10.8 Å². The molecule has 1 atom stereocenters. The van der Waals surface area contributed by atoms with Gasteiger partial charge in [-0.05, 0) is 42.3 Å². The Balaban J connectivity index is 1.84. The normalized spacial score (nSPS) is 12.4. The molecule has 0 spiro atoms. The van der Waals surface area contributed by atoms with Crippen molar-refractivity contribution in [2.45, 2.75) is 24.0 Å². The molecule has 0 fully saturated rings. The average molecular weight is 425 g/mol. The van der Waals surface area contributed by atoms with Crippen LogP contribution in [0.25, 0.3) is 0 Å². The molecule has 0 saturated carbocycles. The molecule has 3 aromatic rings. The summed E-state index contributed by atoms with van der Waals surface area (Å²) in [7, 11) is -2.28. The number of sulfonamides is 1. The molecule has 0 aliphatic rings. The first-order valence-electron chi connectivity index (χ1n) is 9.51. The molecular formula is C23H24N2O4S. The Morgan fingerprint density at radius 1 is 0.833 bits per heavy atom. The Labute approximate surface area is 177 Å². The molecule has 3 rings (SSSR count). The van der Waals surface area contributed by atoms with Gasteiger partial charge in [-0.25, -0.2) is 8.42 Å². The van der Waals surface area contributed by atoms with Gasteiger partial charge in [-0.2, -0.15) is 4.72 Å². The Morgan fingerprint density at radius 2 is 1.33 bits per heavy atom. The molecule has 0 aliphatic carbocycles. The fourth-order valence-corrected chi connectivity index (χ4v) is 4.21. The molecule has 0 saturated heterocycles. The van der Waals surface area contributed by atoms with Gasteiger partial charge in [0.15, 0.2) is 6.10 Å². The molecule has 7 heteroatoms. The van der Waals surface area contributed by atoms with E-state index in [9.17, 15) is 13.2 Å². The SMILES string of the molecule is CNC(=O)[C@@H](C)Oc1ccc(S(=O)(=O)NC(c2ccccc2)c2ccccc2)cc1. The number of amides is 1. The highest BCUT2D eigenvalue weighted by Gasteiger charge is 2.23. The molecule has 2 N–H and O–H groups in total. The third-order valence-corrected chi connectivity index (χ3v) is 6.04. The Morgan fingerprint density at radius 3 is 1.80 bits per heavy atom. The van der Waals surface area contributed by atoms with Crippen LogP contribution in [0.3, 0.4) is 0 Å². The number of nitrogens with one attached hydrogen (secondary N) is 2. The molecule has 6 nitrogen and oxygen atoms in total. The van der Waals surface area contributed by atoms with Gasteiger partial charge in [-0.3, -0.25) is 4.79 Å². The van der Waals surface area contributed by atoms with E-state index in [1.54, 1.807) is 6.92 Å². The number of hydrogen-bond acceptors (Lipinski definition) is 4. The summed E-state index contributed by atoms with van der Waals surface area (Å²) < 4.78 is 34.4. The lowest BCUT2D eigenvalue weighted by Gasteiger charge is -2.20. The molecule has 1 amide bonds. The van der Waals surface area contributed by atoms with Crippen molar-refractivity contribution in [1.82, 2.24) is 10.0 Å². The first-order valence-corrected chi connectivity index (χ1v) is 11.0. The Hall–Kier alpha value is -3.16. The van der Waals surface area contributed by atoms with Gasteiger partial charge < -0.3 is 10.1 Å². The predicted octanol–water partition coefficient (Wildman–Crippen LogP) is 3.27. The molecule has 0 aliphatic heterocycles. The van der Waals surface area contributed by atoms with E-state index < -0.39 is 22.2 Å². The van der Waals surface area contributed by atoms with E-state index >= 15 is 0 Å². The maximum atomic E-state index is 13.1. The summed E-state index contributed by atoms with van der Waals surface area (Å²) >= 11 is 0. The van der Waals surface area contributed by atoms with Gasteiger partial charge in [0, 0.05) is 7.05 Å². The Bertz CT molecular complexity index is 1030. The largest absolute Gasteiger partial charge is 0.481 e. The lowest BCUT2D eigenvalue weighted by Crippen LogP contribution is -2.33. The minimum absolute atomic E-state index is 0.110. The molecule has 0 aromatic heterocycles. The molecular weight excluding hydrogens is 400 g/mol. The van der Waals surface area contributed by atoms with Gasteiger partial charge in [-0.15, -0.1) is 0 Å². The van der Waals surface area contributed by atoms with Gasteiger partial charge in [0.2, 0.25) is 10.0 Å². The molecule has 30 heavy (non-hydrogen) atoms. The van der Waals surface area contributed by atoms with Crippen LogP contribution in [-0.4, -0.2) is 27.5 Å². The van der Waals surface area contributed by atoms with Crippen LogP contribution >= 0.6 is 0 Å². The van der Waals surface area contributed by atoms with Crippen molar-refractivity contribution in [3.05, 3.63) is 96.1 Å². The van der Waals surface area contributed by atoms with Crippen molar-refractivity contribution in [3.63, 3.8) is 0 Å². The first-order chi connectivity index (χ1) is 14.4. The topological polar surface area (TPSA) is 84.5 Å². The second kappa shape index (κ2) is 9.56. The van der Waals surface area contributed by atoms with Crippen LogP contribution in [0, 0.1) is 0 Å². The van der Waals surface area contributed by atoms with E-state index in [4.69, 9.17) is 4.74 Å². The minimum Gasteiger partial charge on any atom is -0.481 e. The summed E-state index contributed by atoms with van der Waals surface area (Å²) in [5.41, 5.74) is 1.68. The average Bonchev–Trinajstić information content (AvgIpc) is 2.78. The highest BCUT2D eigenvalue weighted by Crippen LogP contribution is 2.25. The minimum atomic E-state index is -3.81. The summed E-state index contributed by atoms with van der Waals surface area (Å²) in [6.45, 7) is 1.62. The van der Waals surface area contributed by atoms with Gasteiger partial charge in [0.25, 0.3) is 5.91 Å². The van der Waals surface area contributed by atoms with Crippen molar-refractivity contribution < 1.29 is 17.9 Å². The van der Waals surface area contributed by atoms with Gasteiger partial charge in [-0.1, -0.05) is 60.7 Å². The van der Waals surface area contributed by atoms with Crippen LogP contribution in [0.5, 0.6) is 5.75 Å². The first kappa shape index (κ1) is 21.5. The van der Waals surface area contributed by atoms with Crippen molar-refractivity contribution in [2.24, 2.45) is 0 Å². The van der Waals surface area contributed by atoms with Crippen LogP contribution in [0.15, 0.2) is 89.8 Å². The van der Waals surface area contributed by atoms with Gasteiger partial charge in [0.1, 0.15) is 5.75 Å². The smallest absolute Gasteiger partial charge is 0.260 e. The summed E-state index contributed by atoms with van der Waals surface area (Å²) in [6, 6.07) is 24.3. The number of hydrogen-bond donors (Lipinski definition) is 2. The molecule has 0 radical (unpaired) electrons. The second-order valence-electron chi connectivity index (χ2n) is 6.72. The van der Waals surface area contributed by atoms with Crippen LogP contribution in [-0.2, 0) is 14.8 Å². The molecule has 0 heterocycles. The highest BCUT2D eigenvalue weighted by atomic mass is 32.2. The van der Waals surface area contributed by atoms with Crippen LogP contribution in [0.2, 0.25) is 0 Å². The number of ether oxygens (including phenoxy) is 1. The summed E-state index contributed by atoms with van der Waals surface area (Å²) in [5.74, 6) is 0.148. The van der Waals surface area contributed by atoms with Crippen molar-refractivity contribution in [1.29, 1.82) is 0 Å². The number of benzene rings is 3. The Kier molecular flexibility index (Phi) is 6.87. The quantitative estimate of drug-likeness (QED) is 0.581. The fraction of sp³-hybridized carbons (Fsp3) is 0.174. The molecule has 0 unspecified atom stereocenters. The lowest BCUT2D eigenvalue weighted by molar-refractivity contribution is -0.126. The number of likely N-dealkylation sites (N-methyl/N-ethyl adjacent to an activating group) is 1. The summed E-state index contributed by atoms with van der Waals surface area (Å²) in [5, 5.41) is 2.50. The molecule has 0 bridgehead atoms. The third-order valence-electron chi connectivity index (χ3n) is 4.60.